The number of phenols is 1. The second-order valence-electron chi connectivity index (χ2n) is 6.61. The molecule has 1 heterocycles. The van der Waals surface area contributed by atoms with Crippen LogP contribution in [-0.4, -0.2) is 68.8 Å². The van der Waals surface area contributed by atoms with Crippen molar-refractivity contribution < 1.29 is 14.8 Å². The van der Waals surface area contributed by atoms with E-state index in [4.69, 9.17) is 12.2 Å². The number of phenolic OH excluding ortho intramolecular Hbond substituents is 1. The van der Waals surface area contributed by atoms with E-state index in [1.54, 1.807) is 0 Å². The number of aromatic hydroxyl groups is 1. The van der Waals surface area contributed by atoms with E-state index in [2.05, 4.69) is 15.1 Å². The maximum absolute atomic E-state index is 11.8. The first kappa shape index (κ1) is 21.4. The summed E-state index contributed by atoms with van der Waals surface area (Å²) in [5, 5.41) is 23.6. The molecule has 1 aromatic carbocycles. The van der Waals surface area contributed by atoms with Gasteiger partial charge in [-0.05, 0) is 19.9 Å². The average Bonchev–Trinajstić information content (AvgIpc) is 2.60. The molecule has 1 aliphatic heterocycles. The summed E-state index contributed by atoms with van der Waals surface area (Å²) in [7, 11) is 0. The number of carbonyl (C=O) groups excluding carboxylic acids is 1. The molecule has 2 rings (SSSR count). The molecule has 148 valence electrons. The number of carbonyl (C=O) groups is 1. The Morgan fingerprint density at radius 1 is 1.37 bits per heavy atom. The van der Waals surface area contributed by atoms with Crippen LogP contribution in [0.1, 0.15) is 19.4 Å². The molecule has 0 bridgehead atoms. The highest BCUT2D eigenvalue weighted by Crippen LogP contribution is 2.28. The lowest BCUT2D eigenvalue weighted by atomic mass is 10.2. The number of benzene rings is 1. The van der Waals surface area contributed by atoms with Crippen LogP contribution in [0.4, 0.5) is 5.69 Å². The first-order valence-corrected chi connectivity index (χ1v) is 10.1. The first-order chi connectivity index (χ1) is 12.8. The van der Waals surface area contributed by atoms with E-state index < -0.39 is 4.92 Å². The van der Waals surface area contributed by atoms with Gasteiger partial charge in [0, 0.05) is 55.7 Å². The van der Waals surface area contributed by atoms with Gasteiger partial charge in [-0.2, -0.15) is 0 Å². The molecule has 0 atom stereocenters. The lowest BCUT2D eigenvalue weighted by molar-refractivity contribution is -0.384. The van der Waals surface area contributed by atoms with E-state index in [-0.39, 0.29) is 23.4 Å². The molecule has 1 saturated heterocycles. The van der Waals surface area contributed by atoms with E-state index >= 15 is 0 Å². The number of piperazine rings is 1. The first-order valence-electron chi connectivity index (χ1n) is 8.66. The molecule has 1 fully saturated rings. The van der Waals surface area contributed by atoms with Crippen molar-refractivity contribution in [1.82, 2.24) is 15.1 Å². The van der Waals surface area contributed by atoms with Crippen molar-refractivity contribution in [2.75, 3.05) is 32.7 Å². The molecule has 0 saturated carbocycles. The van der Waals surface area contributed by atoms with Crippen molar-refractivity contribution in [2.45, 2.75) is 25.6 Å². The number of thiocarbonyl (C=S) groups is 1. The Labute approximate surface area is 168 Å². The number of thioether (sulfide) groups is 1. The number of nitro benzene ring substituents is 1. The fraction of sp³-hybridized carbons (Fsp3) is 0.529. The molecular weight excluding hydrogens is 388 g/mol. The number of hydrogen-bond acceptors (Lipinski definition) is 7. The van der Waals surface area contributed by atoms with Gasteiger partial charge in [-0.15, -0.1) is 0 Å². The maximum atomic E-state index is 11.8. The van der Waals surface area contributed by atoms with Gasteiger partial charge >= 0.3 is 0 Å². The van der Waals surface area contributed by atoms with Crippen molar-refractivity contribution in [2.24, 2.45) is 0 Å². The Morgan fingerprint density at radius 3 is 2.63 bits per heavy atom. The zero-order valence-corrected chi connectivity index (χ0v) is 17.0. The van der Waals surface area contributed by atoms with Gasteiger partial charge in [0.1, 0.15) is 10.1 Å². The van der Waals surface area contributed by atoms with Crippen molar-refractivity contribution in [1.29, 1.82) is 0 Å². The minimum Gasteiger partial charge on any atom is -0.508 e. The van der Waals surface area contributed by atoms with Gasteiger partial charge in [0.05, 0.1) is 11.5 Å². The van der Waals surface area contributed by atoms with Gasteiger partial charge in [0.15, 0.2) is 0 Å². The summed E-state index contributed by atoms with van der Waals surface area (Å²) < 4.78 is 0.687. The minimum absolute atomic E-state index is 0.0246. The quantitative estimate of drug-likeness (QED) is 0.416. The van der Waals surface area contributed by atoms with Gasteiger partial charge in [-0.25, -0.2) is 0 Å². The monoisotopic (exact) mass is 412 g/mol. The second kappa shape index (κ2) is 9.86. The summed E-state index contributed by atoms with van der Waals surface area (Å²) in [6, 6.07) is 4.11. The van der Waals surface area contributed by atoms with Crippen LogP contribution in [0.2, 0.25) is 0 Å². The minimum atomic E-state index is -0.486. The van der Waals surface area contributed by atoms with Crippen LogP contribution < -0.4 is 5.32 Å². The fourth-order valence-corrected chi connectivity index (χ4v) is 3.93. The molecule has 0 aromatic heterocycles. The molecule has 1 aliphatic rings. The SMILES string of the molecule is CC(C)NC(=O)CN1CCN(C(=S)SCc2cc([N+](=O)[O-])ccc2O)CC1. The molecule has 2 N–H and O–H groups in total. The summed E-state index contributed by atoms with van der Waals surface area (Å²) >= 11 is 6.83. The Bertz CT molecular complexity index is 706. The fourth-order valence-electron chi connectivity index (χ4n) is 2.69. The van der Waals surface area contributed by atoms with Crippen LogP contribution in [0.3, 0.4) is 0 Å². The third kappa shape index (κ3) is 6.64. The topological polar surface area (TPSA) is 99.0 Å². The molecule has 0 aliphatic carbocycles. The highest BCUT2D eigenvalue weighted by atomic mass is 32.2. The Hall–Kier alpha value is -1.91. The number of amides is 1. The van der Waals surface area contributed by atoms with Gasteiger partial charge < -0.3 is 15.3 Å². The predicted octanol–water partition coefficient (Wildman–Crippen LogP) is 1.96. The summed E-state index contributed by atoms with van der Waals surface area (Å²) in [5.74, 6) is 0.414. The Kier molecular flexibility index (Phi) is 7.81. The van der Waals surface area contributed by atoms with Gasteiger partial charge in [0.2, 0.25) is 5.91 Å². The third-order valence-corrected chi connectivity index (χ3v) is 5.64. The van der Waals surface area contributed by atoms with Crippen LogP contribution in [0.25, 0.3) is 0 Å². The zero-order chi connectivity index (χ0) is 20.0. The second-order valence-corrected chi connectivity index (χ2v) is 8.22. The standard InChI is InChI=1S/C17H24N4O4S2/c1-12(2)18-16(23)10-19-5-7-20(8-6-19)17(26)27-11-13-9-14(21(24)25)3-4-15(13)22/h3-4,9,12,22H,5-8,10-11H2,1-2H3,(H,18,23). The van der Waals surface area contributed by atoms with Crippen LogP contribution in [-0.2, 0) is 10.5 Å². The summed E-state index contributed by atoms with van der Waals surface area (Å²) in [4.78, 5) is 26.4. The van der Waals surface area contributed by atoms with Gasteiger partial charge in [0.25, 0.3) is 5.69 Å². The van der Waals surface area contributed by atoms with Crippen LogP contribution in [0.5, 0.6) is 5.75 Å². The lowest BCUT2D eigenvalue weighted by Crippen LogP contribution is -2.50. The highest BCUT2D eigenvalue weighted by molar-refractivity contribution is 8.22. The highest BCUT2D eigenvalue weighted by Gasteiger charge is 2.21. The molecule has 0 radical (unpaired) electrons. The Morgan fingerprint density at radius 2 is 2.04 bits per heavy atom. The normalized spacial score (nSPS) is 15.0. The zero-order valence-electron chi connectivity index (χ0n) is 15.4. The van der Waals surface area contributed by atoms with Gasteiger partial charge in [-0.3, -0.25) is 19.8 Å². The number of hydrogen-bond donors (Lipinski definition) is 2. The summed E-state index contributed by atoms with van der Waals surface area (Å²) in [6.45, 7) is 7.19. The molecule has 8 nitrogen and oxygen atoms in total. The van der Waals surface area contributed by atoms with E-state index in [1.807, 2.05) is 13.8 Å². The number of non-ortho nitro benzene ring substituents is 1. The summed E-state index contributed by atoms with van der Waals surface area (Å²) in [6.07, 6.45) is 0. The van der Waals surface area contributed by atoms with E-state index in [0.29, 0.717) is 22.2 Å². The molecule has 10 heteroatoms. The largest absolute Gasteiger partial charge is 0.508 e. The average molecular weight is 413 g/mol. The maximum Gasteiger partial charge on any atom is 0.270 e. The molecule has 1 aromatic rings. The predicted molar refractivity (Wildman–Crippen MR) is 110 cm³/mol. The van der Waals surface area contributed by atoms with E-state index in [9.17, 15) is 20.0 Å². The molecule has 0 unspecified atom stereocenters. The van der Waals surface area contributed by atoms with Crippen molar-refractivity contribution >= 4 is 39.9 Å². The van der Waals surface area contributed by atoms with E-state index in [0.717, 1.165) is 26.2 Å². The van der Waals surface area contributed by atoms with Gasteiger partial charge in [-0.1, -0.05) is 24.0 Å². The number of nitrogens with one attached hydrogen (secondary N) is 1. The van der Waals surface area contributed by atoms with Crippen LogP contribution >= 0.6 is 24.0 Å². The van der Waals surface area contributed by atoms with Crippen LogP contribution in [0.15, 0.2) is 18.2 Å². The molecule has 1 amide bonds. The molecule has 0 spiro atoms. The number of rotatable bonds is 6. The van der Waals surface area contributed by atoms with Crippen molar-refractivity contribution in [3.63, 3.8) is 0 Å². The molecule has 27 heavy (non-hydrogen) atoms. The third-order valence-electron chi connectivity index (χ3n) is 4.07. The van der Waals surface area contributed by atoms with Crippen LogP contribution in [0, 0.1) is 10.1 Å². The number of nitrogens with zero attached hydrogens (tertiary/aromatic N) is 3. The smallest absolute Gasteiger partial charge is 0.270 e. The lowest BCUT2D eigenvalue weighted by Gasteiger charge is -2.35. The summed E-state index contributed by atoms with van der Waals surface area (Å²) in [5.41, 5.74) is 0.433. The van der Waals surface area contributed by atoms with E-state index in [1.165, 1.54) is 30.0 Å². The van der Waals surface area contributed by atoms with Crippen molar-refractivity contribution in [3.8, 4) is 5.75 Å². The van der Waals surface area contributed by atoms with Crippen molar-refractivity contribution in [3.05, 3.63) is 33.9 Å². The molecular formula is C17H24N4O4S2. The Balaban J connectivity index is 1.80. The number of nitro groups is 1.